The Morgan fingerprint density at radius 2 is 2.27 bits per heavy atom. The molecule has 0 radical (unpaired) electrons. The van der Waals surface area contributed by atoms with Crippen LogP contribution in [0.4, 0.5) is 0 Å². The lowest BCUT2D eigenvalue weighted by molar-refractivity contribution is 0.668. The van der Waals surface area contributed by atoms with Crippen LogP contribution in [-0.2, 0) is 13.0 Å². The Balaban J connectivity index is 2.65. The van der Waals surface area contributed by atoms with E-state index < -0.39 is 0 Å². The number of fused-ring (bicyclic) bond motifs is 1. The number of aromatic nitrogens is 2. The quantitative estimate of drug-likeness (QED) is 0.867. The lowest BCUT2D eigenvalue weighted by Crippen LogP contribution is -2.03. The minimum absolute atomic E-state index is 0.635. The average Bonchev–Trinajstić information content (AvgIpc) is 2.58. The van der Waals surface area contributed by atoms with E-state index in [1.807, 2.05) is 23.7 Å². The van der Waals surface area contributed by atoms with E-state index in [-0.39, 0.29) is 0 Å². The van der Waals surface area contributed by atoms with Gasteiger partial charge in [-0.15, -0.1) is 0 Å². The number of hydrogen-bond acceptors (Lipinski definition) is 2. The summed E-state index contributed by atoms with van der Waals surface area (Å²) in [5.41, 5.74) is 7.71. The van der Waals surface area contributed by atoms with Gasteiger partial charge < -0.3 is 5.73 Å². The first-order valence-corrected chi connectivity index (χ1v) is 5.49. The summed E-state index contributed by atoms with van der Waals surface area (Å²) in [7, 11) is 0. The Labute approximate surface area is 93.8 Å². The molecule has 0 aliphatic carbocycles. The van der Waals surface area contributed by atoms with E-state index in [9.17, 15) is 0 Å². The first kappa shape index (κ1) is 10.5. The van der Waals surface area contributed by atoms with Crippen molar-refractivity contribution < 1.29 is 0 Å². The van der Waals surface area contributed by atoms with E-state index in [0.717, 1.165) is 23.9 Å². The molecule has 4 heteroatoms. The molecule has 0 aliphatic heterocycles. The van der Waals surface area contributed by atoms with E-state index in [1.165, 1.54) is 5.56 Å². The summed E-state index contributed by atoms with van der Waals surface area (Å²) in [4.78, 5) is 0. The molecule has 1 aromatic heterocycles. The van der Waals surface area contributed by atoms with Crippen LogP contribution in [0.15, 0.2) is 18.2 Å². The van der Waals surface area contributed by atoms with E-state index >= 15 is 0 Å². The minimum Gasteiger partial charge on any atom is -0.330 e. The monoisotopic (exact) mass is 223 g/mol. The number of halogens is 1. The molecular formula is C11H14ClN3. The van der Waals surface area contributed by atoms with Crippen molar-refractivity contribution >= 4 is 22.5 Å². The molecule has 2 N–H and O–H groups in total. The summed E-state index contributed by atoms with van der Waals surface area (Å²) in [5, 5.41) is 6.21. The van der Waals surface area contributed by atoms with Gasteiger partial charge in [0, 0.05) is 11.9 Å². The Bertz CT molecular complexity index is 476. The van der Waals surface area contributed by atoms with E-state index in [0.29, 0.717) is 11.7 Å². The molecule has 0 unspecified atom stereocenters. The second kappa shape index (κ2) is 4.21. The third kappa shape index (κ3) is 1.73. The van der Waals surface area contributed by atoms with Crippen LogP contribution < -0.4 is 5.73 Å². The van der Waals surface area contributed by atoms with Gasteiger partial charge >= 0.3 is 0 Å². The predicted octanol–water partition coefficient (Wildman–Crippen LogP) is 2.21. The highest BCUT2D eigenvalue weighted by molar-refractivity contribution is 6.34. The van der Waals surface area contributed by atoms with Crippen LogP contribution >= 0.6 is 11.6 Å². The van der Waals surface area contributed by atoms with Crippen LogP contribution in [0.2, 0.25) is 5.15 Å². The Morgan fingerprint density at radius 3 is 2.93 bits per heavy atom. The predicted molar refractivity (Wildman–Crippen MR) is 63.2 cm³/mol. The average molecular weight is 224 g/mol. The number of hydrogen-bond donors (Lipinski definition) is 1. The molecular weight excluding hydrogens is 210 g/mol. The van der Waals surface area contributed by atoms with Gasteiger partial charge in [0.05, 0.1) is 5.52 Å². The molecule has 0 saturated heterocycles. The SMILES string of the molecule is CCn1nc2c(CCN)cccc2c1Cl. The Hall–Kier alpha value is -1.06. The normalized spacial score (nSPS) is 11.1. The highest BCUT2D eigenvalue weighted by atomic mass is 35.5. The molecule has 15 heavy (non-hydrogen) atoms. The van der Waals surface area contributed by atoms with E-state index in [4.69, 9.17) is 17.3 Å². The van der Waals surface area contributed by atoms with E-state index in [2.05, 4.69) is 11.2 Å². The van der Waals surface area contributed by atoms with Crippen molar-refractivity contribution in [2.45, 2.75) is 19.9 Å². The molecule has 2 rings (SSSR count). The molecule has 1 heterocycles. The summed E-state index contributed by atoms with van der Waals surface area (Å²) in [6.45, 7) is 3.45. The zero-order chi connectivity index (χ0) is 10.8. The maximum absolute atomic E-state index is 6.20. The fourth-order valence-corrected chi connectivity index (χ4v) is 2.06. The van der Waals surface area contributed by atoms with Gasteiger partial charge in [-0.3, -0.25) is 4.68 Å². The van der Waals surface area contributed by atoms with Crippen molar-refractivity contribution in [1.29, 1.82) is 0 Å². The summed E-state index contributed by atoms with van der Waals surface area (Å²) in [5.74, 6) is 0. The van der Waals surface area contributed by atoms with Crippen molar-refractivity contribution in [1.82, 2.24) is 9.78 Å². The largest absolute Gasteiger partial charge is 0.330 e. The number of aryl methyl sites for hydroxylation is 1. The molecule has 0 bridgehead atoms. The lowest BCUT2D eigenvalue weighted by Gasteiger charge is -1.98. The summed E-state index contributed by atoms with van der Waals surface area (Å²) in [6.07, 6.45) is 0.842. The molecule has 0 spiro atoms. The van der Waals surface area contributed by atoms with Crippen molar-refractivity contribution in [3.8, 4) is 0 Å². The molecule has 0 amide bonds. The first-order chi connectivity index (χ1) is 7.27. The fraction of sp³-hybridized carbons (Fsp3) is 0.364. The molecule has 0 fully saturated rings. The summed E-state index contributed by atoms with van der Waals surface area (Å²) < 4.78 is 1.81. The van der Waals surface area contributed by atoms with E-state index in [1.54, 1.807) is 0 Å². The number of nitrogens with two attached hydrogens (primary N) is 1. The Morgan fingerprint density at radius 1 is 1.47 bits per heavy atom. The molecule has 0 atom stereocenters. The third-order valence-corrected chi connectivity index (χ3v) is 2.90. The van der Waals surface area contributed by atoms with Crippen LogP contribution in [0.1, 0.15) is 12.5 Å². The van der Waals surface area contributed by atoms with Crippen molar-refractivity contribution in [3.63, 3.8) is 0 Å². The van der Waals surface area contributed by atoms with Gasteiger partial charge in [0.2, 0.25) is 0 Å². The fourth-order valence-electron chi connectivity index (χ4n) is 1.75. The van der Waals surface area contributed by atoms with Crippen LogP contribution in [0.5, 0.6) is 0 Å². The van der Waals surface area contributed by atoms with Crippen LogP contribution in [0.25, 0.3) is 10.9 Å². The standard InChI is InChI=1S/C11H14ClN3/c1-2-15-11(12)9-5-3-4-8(6-7-13)10(9)14-15/h3-5H,2,6-7,13H2,1H3. The van der Waals surface area contributed by atoms with Gasteiger partial charge in [0.15, 0.2) is 0 Å². The zero-order valence-electron chi connectivity index (χ0n) is 8.70. The van der Waals surface area contributed by atoms with Gasteiger partial charge in [-0.25, -0.2) is 0 Å². The summed E-state index contributed by atoms with van der Waals surface area (Å²) >= 11 is 6.20. The topological polar surface area (TPSA) is 43.8 Å². The number of rotatable bonds is 3. The minimum atomic E-state index is 0.635. The highest BCUT2D eigenvalue weighted by Crippen LogP contribution is 2.25. The van der Waals surface area contributed by atoms with Gasteiger partial charge in [-0.2, -0.15) is 5.10 Å². The van der Waals surface area contributed by atoms with Gasteiger partial charge in [0.25, 0.3) is 0 Å². The Kier molecular flexibility index (Phi) is 2.93. The molecule has 0 aliphatic rings. The van der Waals surface area contributed by atoms with Gasteiger partial charge in [0.1, 0.15) is 5.15 Å². The third-order valence-electron chi connectivity index (χ3n) is 2.50. The summed E-state index contributed by atoms with van der Waals surface area (Å²) in [6, 6.07) is 6.05. The zero-order valence-corrected chi connectivity index (χ0v) is 9.46. The lowest BCUT2D eigenvalue weighted by atomic mass is 10.1. The smallest absolute Gasteiger partial charge is 0.134 e. The van der Waals surface area contributed by atoms with Crippen LogP contribution in [0, 0.1) is 0 Å². The van der Waals surface area contributed by atoms with Crippen molar-refractivity contribution in [3.05, 3.63) is 28.9 Å². The molecule has 80 valence electrons. The van der Waals surface area contributed by atoms with Gasteiger partial charge in [-0.1, -0.05) is 23.7 Å². The molecule has 2 aromatic rings. The molecule has 3 nitrogen and oxygen atoms in total. The number of benzene rings is 1. The maximum atomic E-state index is 6.20. The molecule has 1 aromatic carbocycles. The number of nitrogens with zero attached hydrogens (tertiary/aromatic N) is 2. The van der Waals surface area contributed by atoms with Crippen LogP contribution in [0.3, 0.4) is 0 Å². The highest BCUT2D eigenvalue weighted by Gasteiger charge is 2.10. The second-order valence-corrected chi connectivity index (χ2v) is 3.82. The second-order valence-electron chi connectivity index (χ2n) is 3.46. The van der Waals surface area contributed by atoms with Gasteiger partial charge in [-0.05, 0) is 31.5 Å². The van der Waals surface area contributed by atoms with Crippen molar-refractivity contribution in [2.24, 2.45) is 5.73 Å². The van der Waals surface area contributed by atoms with Crippen LogP contribution in [-0.4, -0.2) is 16.3 Å². The van der Waals surface area contributed by atoms with Crippen molar-refractivity contribution in [2.75, 3.05) is 6.54 Å². The maximum Gasteiger partial charge on any atom is 0.134 e. The molecule has 0 saturated carbocycles. The first-order valence-electron chi connectivity index (χ1n) is 5.12.